The lowest BCUT2D eigenvalue weighted by Crippen LogP contribution is -2.44. The van der Waals surface area contributed by atoms with Gasteiger partial charge in [-0.15, -0.1) is 0 Å². The molecule has 0 aliphatic carbocycles. The van der Waals surface area contributed by atoms with Crippen molar-refractivity contribution < 1.29 is 13.9 Å². The van der Waals surface area contributed by atoms with Crippen LogP contribution in [-0.4, -0.2) is 27.6 Å². The number of halogens is 1. The molecule has 4 rings (SSSR count). The van der Waals surface area contributed by atoms with E-state index >= 15 is 0 Å². The van der Waals surface area contributed by atoms with Crippen molar-refractivity contribution in [3.05, 3.63) is 35.3 Å². The summed E-state index contributed by atoms with van der Waals surface area (Å²) in [4.78, 5) is 17.9. The van der Waals surface area contributed by atoms with Gasteiger partial charge in [-0.05, 0) is 63.8 Å². The van der Waals surface area contributed by atoms with E-state index in [0.717, 1.165) is 41.4 Å². The summed E-state index contributed by atoms with van der Waals surface area (Å²) in [6, 6.07) is 4.98. The maximum Gasteiger partial charge on any atom is 0.411 e. The van der Waals surface area contributed by atoms with Gasteiger partial charge < -0.3 is 9.72 Å². The Morgan fingerprint density at radius 1 is 1.35 bits per heavy atom. The number of carbonyl (C=O) groups is 1. The maximum absolute atomic E-state index is 13.6. The molecule has 2 aromatic rings. The predicted octanol–water partition coefficient (Wildman–Crippen LogP) is 4.30. The van der Waals surface area contributed by atoms with Crippen LogP contribution >= 0.6 is 0 Å². The van der Waals surface area contributed by atoms with Gasteiger partial charge in [-0.1, -0.05) is 0 Å². The summed E-state index contributed by atoms with van der Waals surface area (Å²) in [6.45, 7) is 5.65. The molecule has 1 amide bonds. The van der Waals surface area contributed by atoms with Gasteiger partial charge in [0.15, 0.2) is 0 Å². The lowest BCUT2D eigenvalue weighted by molar-refractivity contribution is 0.0122. The molecule has 1 saturated heterocycles. The van der Waals surface area contributed by atoms with E-state index in [1.54, 1.807) is 12.1 Å². The standard InChI is InChI=1S/C18H21FN2O2/c1-18(2,3)23-17(22)21-11-5-7-15(21)16-13(9-11)12-8-10(19)4-6-14(12)20-16/h4,6,8,11,15,20H,5,7,9H2,1-3H3. The van der Waals surface area contributed by atoms with Crippen LogP contribution in [0.15, 0.2) is 18.2 Å². The van der Waals surface area contributed by atoms with Crippen LogP contribution in [0, 0.1) is 5.82 Å². The largest absolute Gasteiger partial charge is 0.444 e. The third-order valence-corrected chi connectivity index (χ3v) is 4.78. The van der Waals surface area contributed by atoms with Crippen LogP contribution in [0.5, 0.6) is 0 Å². The van der Waals surface area contributed by atoms with E-state index in [-0.39, 0.29) is 24.0 Å². The first-order valence-corrected chi connectivity index (χ1v) is 8.15. The van der Waals surface area contributed by atoms with Crippen LogP contribution in [0.2, 0.25) is 0 Å². The van der Waals surface area contributed by atoms with Gasteiger partial charge in [0.25, 0.3) is 0 Å². The Balaban J connectivity index is 1.74. The number of amides is 1. The molecule has 1 N–H and O–H groups in total. The highest BCUT2D eigenvalue weighted by Gasteiger charge is 2.45. The molecule has 2 aliphatic rings. The van der Waals surface area contributed by atoms with E-state index in [9.17, 15) is 9.18 Å². The summed E-state index contributed by atoms with van der Waals surface area (Å²) in [6.07, 6.45) is 2.39. The smallest absolute Gasteiger partial charge is 0.411 e. The molecule has 2 aliphatic heterocycles. The summed E-state index contributed by atoms with van der Waals surface area (Å²) in [5.74, 6) is -0.221. The van der Waals surface area contributed by atoms with Gasteiger partial charge in [0.2, 0.25) is 0 Å². The van der Waals surface area contributed by atoms with Crippen molar-refractivity contribution in [2.75, 3.05) is 0 Å². The van der Waals surface area contributed by atoms with Crippen molar-refractivity contribution in [1.29, 1.82) is 0 Å². The second kappa shape index (κ2) is 4.73. The average Bonchev–Trinajstić information content (AvgIpc) is 2.96. The molecule has 23 heavy (non-hydrogen) atoms. The molecule has 0 radical (unpaired) electrons. The zero-order valence-corrected chi connectivity index (χ0v) is 13.6. The Labute approximate surface area is 134 Å². The molecule has 122 valence electrons. The molecule has 5 heteroatoms. The first kappa shape index (κ1) is 14.5. The minimum atomic E-state index is -0.500. The van der Waals surface area contributed by atoms with E-state index in [0.29, 0.717) is 0 Å². The fourth-order valence-corrected chi connectivity index (χ4v) is 3.94. The summed E-state index contributed by atoms with van der Waals surface area (Å²) < 4.78 is 19.2. The third kappa shape index (κ3) is 2.30. The van der Waals surface area contributed by atoms with Gasteiger partial charge in [-0.25, -0.2) is 9.18 Å². The Morgan fingerprint density at radius 3 is 2.87 bits per heavy atom. The van der Waals surface area contributed by atoms with Crippen LogP contribution < -0.4 is 0 Å². The lowest BCUT2D eigenvalue weighted by Gasteiger charge is -2.36. The van der Waals surface area contributed by atoms with Crippen molar-refractivity contribution in [2.45, 2.75) is 57.7 Å². The minimum Gasteiger partial charge on any atom is -0.444 e. The minimum absolute atomic E-state index is 0.00839. The number of benzene rings is 1. The molecule has 2 unspecified atom stereocenters. The van der Waals surface area contributed by atoms with Crippen LogP contribution in [0.4, 0.5) is 9.18 Å². The van der Waals surface area contributed by atoms with Gasteiger partial charge >= 0.3 is 6.09 Å². The molecule has 2 atom stereocenters. The van der Waals surface area contributed by atoms with Crippen molar-refractivity contribution in [2.24, 2.45) is 0 Å². The fourth-order valence-electron chi connectivity index (χ4n) is 3.94. The number of hydrogen-bond acceptors (Lipinski definition) is 2. The van der Waals surface area contributed by atoms with Crippen LogP contribution in [-0.2, 0) is 11.2 Å². The van der Waals surface area contributed by atoms with Gasteiger partial charge in [-0.2, -0.15) is 0 Å². The molecule has 0 saturated carbocycles. The van der Waals surface area contributed by atoms with Crippen LogP contribution in [0.1, 0.15) is 50.9 Å². The lowest BCUT2D eigenvalue weighted by atomic mass is 9.97. The molecule has 1 fully saturated rings. The van der Waals surface area contributed by atoms with E-state index < -0.39 is 5.60 Å². The van der Waals surface area contributed by atoms with Crippen LogP contribution in [0.3, 0.4) is 0 Å². The number of fused-ring (bicyclic) bond motifs is 6. The second-order valence-electron chi connectivity index (χ2n) is 7.55. The van der Waals surface area contributed by atoms with Crippen molar-refractivity contribution >= 4 is 17.0 Å². The number of carbonyl (C=O) groups excluding carboxylic acids is 1. The number of aromatic amines is 1. The predicted molar refractivity (Wildman–Crippen MR) is 85.8 cm³/mol. The molecule has 1 aromatic carbocycles. The summed E-state index contributed by atoms with van der Waals surface area (Å²) in [5, 5.41) is 0.945. The van der Waals surface area contributed by atoms with Gasteiger partial charge in [-0.3, -0.25) is 4.90 Å². The fraction of sp³-hybridized carbons (Fsp3) is 0.500. The second-order valence-corrected chi connectivity index (χ2v) is 7.55. The summed E-state index contributed by atoms with van der Waals surface area (Å²) in [7, 11) is 0. The first-order chi connectivity index (χ1) is 10.8. The Morgan fingerprint density at radius 2 is 2.13 bits per heavy atom. The van der Waals surface area contributed by atoms with Crippen LogP contribution in [0.25, 0.3) is 10.9 Å². The van der Waals surface area contributed by atoms with Gasteiger partial charge in [0.05, 0.1) is 6.04 Å². The highest BCUT2D eigenvalue weighted by molar-refractivity contribution is 5.86. The normalized spacial score (nSPS) is 23.2. The molecule has 2 bridgehead atoms. The maximum atomic E-state index is 13.6. The van der Waals surface area contributed by atoms with E-state index in [1.807, 2.05) is 25.7 Å². The highest BCUT2D eigenvalue weighted by Crippen LogP contribution is 2.46. The van der Waals surface area contributed by atoms with Gasteiger partial charge in [0, 0.05) is 22.6 Å². The third-order valence-electron chi connectivity index (χ3n) is 4.78. The van der Waals surface area contributed by atoms with Crippen molar-refractivity contribution in [3.63, 3.8) is 0 Å². The average molecular weight is 316 g/mol. The zero-order chi connectivity index (χ0) is 16.4. The molecule has 4 nitrogen and oxygen atoms in total. The zero-order valence-electron chi connectivity index (χ0n) is 13.6. The van der Waals surface area contributed by atoms with E-state index in [1.165, 1.54) is 6.07 Å². The molecule has 3 heterocycles. The molecular weight excluding hydrogens is 295 g/mol. The number of ether oxygens (including phenoxy) is 1. The SMILES string of the molecule is CC(C)(C)OC(=O)N1C2CCC1c1[nH]c3ccc(F)cc3c1C2. The molecular formula is C18H21FN2O2. The quantitative estimate of drug-likeness (QED) is 0.787. The number of H-pyrrole nitrogens is 1. The molecule has 1 aromatic heterocycles. The first-order valence-electron chi connectivity index (χ1n) is 8.15. The topological polar surface area (TPSA) is 45.3 Å². The number of hydrogen-bond donors (Lipinski definition) is 1. The number of nitrogens with zero attached hydrogens (tertiary/aromatic N) is 1. The van der Waals surface area contributed by atoms with Crippen molar-refractivity contribution in [1.82, 2.24) is 9.88 Å². The van der Waals surface area contributed by atoms with E-state index in [2.05, 4.69) is 4.98 Å². The number of aromatic nitrogens is 1. The highest BCUT2D eigenvalue weighted by atomic mass is 19.1. The Kier molecular flexibility index (Phi) is 2.99. The van der Waals surface area contributed by atoms with Gasteiger partial charge in [0.1, 0.15) is 11.4 Å². The van der Waals surface area contributed by atoms with Crippen molar-refractivity contribution in [3.8, 4) is 0 Å². The Hall–Kier alpha value is -2.04. The number of rotatable bonds is 0. The Bertz CT molecular complexity index is 790. The summed E-state index contributed by atoms with van der Waals surface area (Å²) >= 11 is 0. The summed E-state index contributed by atoms with van der Waals surface area (Å²) in [5.41, 5.74) is 2.64. The monoisotopic (exact) mass is 316 g/mol. The molecule has 0 spiro atoms. The number of nitrogens with one attached hydrogen (secondary N) is 1. The van der Waals surface area contributed by atoms with E-state index in [4.69, 9.17) is 4.74 Å².